The molecule has 1 saturated heterocycles. The maximum atomic E-state index is 13.5. The van der Waals surface area contributed by atoms with E-state index in [-0.39, 0.29) is 34.7 Å². The van der Waals surface area contributed by atoms with Crippen LogP contribution >= 0.6 is 34.9 Å². The lowest BCUT2D eigenvalue weighted by Gasteiger charge is -2.49. The zero-order valence-electron chi connectivity index (χ0n) is 24.0. The van der Waals surface area contributed by atoms with E-state index < -0.39 is 47.9 Å². The van der Waals surface area contributed by atoms with Crippen LogP contribution in [-0.4, -0.2) is 85.3 Å². The maximum absolute atomic E-state index is 13.5. The van der Waals surface area contributed by atoms with Crippen LogP contribution < -0.4 is 15.6 Å². The number of pyridine rings is 1. The van der Waals surface area contributed by atoms with Crippen LogP contribution in [0.5, 0.6) is 0 Å². The van der Waals surface area contributed by atoms with Gasteiger partial charge in [0.05, 0.1) is 0 Å². The lowest BCUT2D eigenvalue weighted by molar-refractivity contribution is -0.697. The minimum Gasteiger partial charge on any atom is -0.478 e. The van der Waals surface area contributed by atoms with Gasteiger partial charge in [0, 0.05) is 39.8 Å². The van der Waals surface area contributed by atoms with Gasteiger partial charge in [-0.05, 0) is 18.4 Å². The summed E-state index contributed by atoms with van der Waals surface area (Å²) in [6.45, 7) is -0.240. The molecule has 0 spiro atoms. The molecule has 1 unspecified atom stereocenters. The number of aryl methyl sites for hydroxylation is 1. The summed E-state index contributed by atoms with van der Waals surface area (Å²) >= 11 is 3.77. The van der Waals surface area contributed by atoms with Gasteiger partial charge in [-0.3, -0.25) is 14.5 Å². The van der Waals surface area contributed by atoms with Crippen LogP contribution in [0.3, 0.4) is 0 Å². The van der Waals surface area contributed by atoms with Gasteiger partial charge >= 0.3 is 11.9 Å². The van der Waals surface area contributed by atoms with E-state index >= 15 is 0 Å². The third kappa shape index (κ3) is 7.41. The fraction of sp³-hybridized carbons (Fsp3) is 0.464. The first kappa shape index (κ1) is 32.7. The zero-order valence-corrected chi connectivity index (χ0v) is 26.4. The van der Waals surface area contributed by atoms with E-state index in [0.29, 0.717) is 29.9 Å². The van der Waals surface area contributed by atoms with Crippen LogP contribution in [0.25, 0.3) is 0 Å². The van der Waals surface area contributed by atoms with Gasteiger partial charge in [-0.25, -0.2) is 23.5 Å². The number of thioether (sulfide) groups is 2. The smallest absolute Gasteiger partial charge is 0.352 e. The average molecular weight is 680 g/mol. The fourth-order valence-corrected chi connectivity index (χ4v) is 8.36. The van der Waals surface area contributed by atoms with Crippen LogP contribution in [-0.2, 0) is 30.6 Å². The van der Waals surface area contributed by atoms with E-state index in [1.165, 1.54) is 33.8 Å². The molecular formula is C28H32FN6O7S3+. The van der Waals surface area contributed by atoms with Crippen molar-refractivity contribution < 1.29 is 43.2 Å². The largest absolute Gasteiger partial charge is 0.478 e. The van der Waals surface area contributed by atoms with E-state index in [1.54, 1.807) is 17.0 Å². The summed E-state index contributed by atoms with van der Waals surface area (Å²) in [5.41, 5.74) is 5.93. The van der Waals surface area contributed by atoms with E-state index in [9.17, 15) is 33.8 Å². The second kappa shape index (κ2) is 14.6. The van der Waals surface area contributed by atoms with Crippen LogP contribution in [0.1, 0.15) is 37.8 Å². The Morgan fingerprint density at radius 3 is 2.60 bits per heavy atom. The quantitative estimate of drug-likeness (QED) is 0.0800. The number of aromatic nitrogens is 2. The second-order valence-corrected chi connectivity index (χ2v) is 13.7. The Labute approximate surface area is 270 Å². The van der Waals surface area contributed by atoms with Crippen LogP contribution in [0, 0.1) is 5.92 Å². The Morgan fingerprint density at radius 1 is 1.24 bits per heavy atom. The van der Waals surface area contributed by atoms with Crippen molar-refractivity contribution in [3.05, 3.63) is 46.9 Å². The number of carbonyl (C=O) groups excluding carboxylic acids is 2. The number of nitrogen functional groups attached to an aromatic ring is 1. The molecule has 2 aliphatic heterocycles. The number of carboxylic acids is 2. The molecule has 0 bridgehead atoms. The number of aliphatic carboxylic acids is 2. The normalized spacial score (nSPS) is 21.1. The van der Waals surface area contributed by atoms with Crippen molar-refractivity contribution >= 4 is 69.5 Å². The number of alkyl halides is 1. The van der Waals surface area contributed by atoms with Crippen molar-refractivity contribution in [2.24, 2.45) is 11.1 Å². The number of hydrogen-bond donors (Lipinski definition) is 4. The van der Waals surface area contributed by atoms with Gasteiger partial charge in [0.15, 0.2) is 29.8 Å². The predicted octanol–water partition coefficient (Wildman–Crippen LogP) is 2.27. The number of rotatable bonds is 13. The minimum atomic E-state index is -1.26. The van der Waals surface area contributed by atoms with Gasteiger partial charge in [0.2, 0.25) is 6.10 Å². The topological polar surface area (TPSA) is 188 Å². The highest BCUT2D eigenvalue weighted by Crippen LogP contribution is 2.41. The molecule has 240 valence electrons. The first-order valence-electron chi connectivity index (χ1n) is 14.2. The number of fused-ring (bicyclic) bond motifs is 1. The number of oxime groups is 1. The summed E-state index contributed by atoms with van der Waals surface area (Å²) < 4.78 is 14.3. The van der Waals surface area contributed by atoms with Gasteiger partial charge in [-0.1, -0.05) is 24.4 Å². The van der Waals surface area contributed by atoms with Crippen molar-refractivity contribution in [1.82, 2.24) is 15.2 Å². The van der Waals surface area contributed by atoms with E-state index in [4.69, 9.17) is 10.6 Å². The Bertz CT molecular complexity index is 1510. The number of nitrogens with zero attached hydrogens (tertiary/aromatic N) is 4. The Morgan fingerprint density at radius 2 is 1.98 bits per heavy atom. The summed E-state index contributed by atoms with van der Waals surface area (Å²) in [5, 5.41) is 27.3. The highest BCUT2D eigenvalue weighted by atomic mass is 32.2. The number of anilines is 1. The van der Waals surface area contributed by atoms with Gasteiger partial charge in [0.1, 0.15) is 29.5 Å². The molecule has 45 heavy (non-hydrogen) atoms. The highest BCUT2D eigenvalue weighted by Gasteiger charge is 2.54. The standard InChI is InChI=1S/C28H31FN6O7S3/c29-8-11-34-9-6-17(7-10-34)43-12-16-13-44-25-20(24(37)35(25)21(16)26(38)39)32-23(36)19(18-14-45-28(30)31-18)33-42-22(27(40)41)15-4-2-1-3-5-15/h6-7,9-10,14-15,20,22,25H,1-5,8,11-13H2,(H4-,30,31,32,36,38,39,40,41)/p+1/b33-19-/t20-,22?,25-/m1/s1. The Balaban J connectivity index is 1.29. The number of hydrogen-bond acceptors (Lipinski definition) is 11. The molecule has 4 heterocycles. The van der Waals surface area contributed by atoms with Crippen molar-refractivity contribution in [3.8, 4) is 0 Å². The molecule has 0 aromatic carbocycles. The van der Waals surface area contributed by atoms with Gasteiger partial charge < -0.3 is 26.1 Å². The van der Waals surface area contributed by atoms with Gasteiger partial charge in [0.25, 0.3) is 11.8 Å². The molecule has 3 atom stereocenters. The summed E-state index contributed by atoms with van der Waals surface area (Å²) in [4.78, 5) is 62.6. The average Bonchev–Trinajstić information content (AvgIpc) is 3.46. The minimum absolute atomic E-state index is 0.0595. The molecule has 1 saturated carbocycles. The van der Waals surface area contributed by atoms with E-state index in [0.717, 1.165) is 35.5 Å². The first-order valence-corrected chi connectivity index (χ1v) is 17.2. The maximum Gasteiger partial charge on any atom is 0.352 e. The molecule has 5 N–H and O–H groups in total. The highest BCUT2D eigenvalue weighted by molar-refractivity contribution is 8.01. The summed E-state index contributed by atoms with van der Waals surface area (Å²) in [6, 6.07) is 2.57. The fourth-order valence-electron chi connectivity index (χ4n) is 5.44. The van der Waals surface area contributed by atoms with Crippen LogP contribution in [0.2, 0.25) is 0 Å². The zero-order chi connectivity index (χ0) is 32.1. The number of β-lactam (4-membered cyclic amide) rings is 1. The summed E-state index contributed by atoms with van der Waals surface area (Å²) in [7, 11) is 0. The van der Waals surface area contributed by atoms with Crippen molar-refractivity contribution in [1.29, 1.82) is 0 Å². The Hall–Kier alpha value is -3.70. The predicted molar refractivity (Wildman–Crippen MR) is 165 cm³/mol. The molecule has 2 amide bonds. The lowest BCUT2D eigenvalue weighted by atomic mass is 9.85. The molecule has 1 aliphatic carbocycles. The van der Waals surface area contributed by atoms with Crippen LogP contribution in [0.15, 0.2) is 51.2 Å². The van der Waals surface area contributed by atoms with Crippen LogP contribution in [0.4, 0.5) is 9.52 Å². The van der Waals surface area contributed by atoms with E-state index in [1.807, 2.05) is 12.1 Å². The number of nitrogens with two attached hydrogens (primary N) is 1. The van der Waals surface area contributed by atoms with Crippen molar-refractivity contribution in [2.45, 2.75) is 61.1 Å². The monoisotopic (exact) mass is 679 g/mol. The third-order valence-corrected chi connectivity index (χ3v) is 10.8. The molecule has 5 rings (SSSR count). The van der Waals surface area contributed by atoms with Gasteiger partial charge in [-0.2, -0.15) is 0 Å². The van der Waals surface area contributed by atoms with Crippen molar-refractivity contribution in [2.75, 3.05) is 23.9 Å². The molecule has 13 nitrogen and oxygen atoms in total. The summed E-state index contributed by atoms with van der Waals surface area (Å²) in [6.07, 6.45) is 6.31. The molecule has 17 heteroatoms. The number of carbonyl (C=O) groups is 4. The summed E-state index contributed by atoms with van der Waals surface area (Å²) in [5.74, 6) is -3.50. The van der Waals surface area contributed by atoms with Crippen molar-refractivity contribution in [3.63, 3.8) is 0 Å². The third-order valence-electron chi connectivity index (χ3n) is 7.71. The number of halogens is 1. The molecule has 2 fully saturated rings. The molecule has 2 aromatic rings. The molecule has 0 radical (unpaired) electrons. The molecular weight excluding hydrogens is 648 g/mol. The number of carboxylic acid groups (broad SMARTS) is 2. The molecule has 3 aliphatic rings. The number of thiazole rings is 1. The Kier molecular flexibility index (Phi) is 10.6. The SMILES string of the molecule is Nc1nc(/C(=N/OC(C(=O)O)C2CCCCC2)C(=O)N[C@@H]2C(=O)N3C(C(=O)O)=C(CSc4cc[n+](CCF)cc4)CS[C@H]23)cs1. The van der Waals surface area contributed by atoms with E-state index in [2.05, 4.69) is 15.5 Å². The number of nitrogens with one attached hydrogen (secondary N) is 1. The lowest BCUT2D eigenvalue weighted by Crippen LogP contribution is -2.71. The first-order chi connectivity index (χ1) is 21.7. The number of amides is 2. The second-order valence-electron chi connectivity index (χ2n) is 10.6. The molecule has 2 aromatic heterocycles. The van der Waals surface area contributed by atoms with Gasteiger partial charge in [-0.15, -0.1) is 34.9 Å².